The smallest absolute Gasteiger partial charge is 0.266 e. The van der Waals surface area contributed by atoms with Gasteiger partial charge in [0.15, 0.2) is 5.16 Å². The molecule has 0 unspecified atom stereocenters. The third-order valence-corrected chi connectivity index (χ3v) is 5.54. The van der Waals surface area contributed by atoms with Crippen LogP contribution in [0.15, 0.2) is 76.7 Å². The summed E-state index contributed by atoms with van der Waals surface area (Å²) in [4.78, 5) is 30.0. The molecule has 0 bridgehead atoms. The highest BCUT2D eigenvalue weighted by Gasteiger charge is 2.17. The SMILES string of the molecule is COc1ccc(NC(=O)CSc2nc3ccccc3c(=O)n2-c2ccc(F)cc2F)cc1. The average molecular weight is 453 g/mol. The van der Waals surface area contributed by atoms with E-state index in [9.17, 15) is 18.4 Å². The van der Waals surface area contributed by atoms with Crippen LogP contribution in [0.3, 0.4) is 0 Å². The van der Waals surface area contributed by atoms with Gasteiger partial charge in [0.05, 0.1) is 29.5 Å². The number of nitrogens with zero attached hydrogens (tertiary/aromatic N) is 2. The molecule has 0 aliphatic rings. The van der Waals surface area contributed by atoms with Crippen LogP contribution in [-0.2, 0) is 4.79 Å². The zero-order valence-electron chi connectivity index (χ0n) is 16.8. The van der Waals surface area contributed by atoms with Crippen LogP contribution in [0.1, 0.15) is 0 Å². The zero-order valence-corrected chi connectivity index (χ0v) is 17.7. The molecular weight excluding hydrogens is 436 g/mol. The fraction of sp³-hybridized carbons (Fsp3) is 0.0870. The number of fused-ring (bicyclic) bond motifs is 1. The molecule has 1 N–H and O–H groups in total. The summed E-state index contributed by atoms with van der Waals surface area (Å²) in [7, 11) is 1.55. The van der Waals surface area contributed by atoms with Crippen molar-refractivity contribution >= 4 is 34.3 Å². The molecule has 1 heterocycles. The minimum absolute atomic E-state index is 0.0837. The Hall–Kier alpha value is -3.72. The Morgan fingerprint density at radius 3 is 2.56 bits per heavy atom. The Kier molecular flexibility index (Phi) is 6.18. The van der Waals surface area contributed by atoms with E-state index < -0.39 is 17.2 Å². The molecule has 162 valence electrons. The molecule has 6 nitrogen and oxygen atoms in total. The fourth-order valence-corrected chi connectivity index (χ4v) is 3.89. The van der Waals surface area contributed by atoms with Gasteiger partial charge >= 0.3 is 0 Å². The van der Waals surface area contributed by atoms with Gasteiger partial charge in [-0.3, -0.25) is 14.2 Å². The van der Waals surface area contributed by atoms with Gasteiger partial charge in [0.1, 0.15) is 17.4 Å². The van der Waals surface area contributed by atoms with E-state index in [1.165, 1.54) is 6.07 Å². The summed E-state index contributed by atoms with van der Waals surface area (Å²) >= 11 is 0.974. The van der Waals surface area contributed by atoms with E-state index in [0.29, 0.717) is 23.0 Å². The third-order valence-electron chi connectivity index (χ3n) is 4.60. The monoisotopic (exact) mass is 453 g/mol. The van der Waals surface area contributed by atoms with Crippen LogP contribution in [0, 0.1) is 11.6 Å². The number of rotatable bonds is 6. The Morgan fingerprint density at radius 1 is 1.09 bits per heavy atom. The summed E-state index contributed by atoms with van der Waals surface area (Å²) in [6.07, 6.45) is 0. The first kappa shape index (κ1) is 21.5. The Bertz CT molecular complexity index is 1360. The number of anilines is 1. The van der Waals surface area contributed by atoms with Crippen LogP contribution in [0.2, 0.25) is 0 Å². The number of carbonyl (C=O) groups excluding carboxylic acids is 1. The van der Waals surface area contributed by atoms with Crippen molar-refractivity contribution < 1.29 is 18.3 Å². The van der Waals surface area contributed by atoms with Crippen LogP contribution in [0.4, 0.5) is 14.5 Å². The molecule has 0 fully saturated rings. The van der Waals surface area contributed by atoms with Gasteiger partial charge < -0.3 is 10.1 Å². The van der Waals surface area contributed by atoms with E-state index in [4.69, 9.17) is 4.74 Å². The lowest BCUT2D eigenvalue weighted by atomic mass is 10.2. The van der Waals surface area contributed by atoms with Gasteiger partial charge in [0.2, 0.25) is 5.91 Å². The number of carbonyl (C=O) groups is 1. The Morgan fingerprint density at radius 2 is 1.84 bits per heavy atom. The summed E-state index contributed by atoms with van der Waals surface area (Å²) in [5, 5.41) is 3.13. The number of nitrogens with one attached hydrogen (secondary N) is 1. The van der Waals surface area contributed by atoms with Gasteiger partial charge in [-0.05, 0) is 48.5 Å². The van der Waals surface area contributed by atoms with E-state index in [0.717, 1.165) is 22.4 Å². The average Bonchev–Trinajstić information content (AvgIpc) is 2.79. The standard InChI is InChI=1S/C23H17F2N3O3S/c1-31-16-9-7-15(8-10-16)26-21(29)13-32-23-27-19-5-3-2-4-17(19)22(30)28(23)20-11-6-14(24)12-18(20)25/h2-12H,13H2,1H3,(H,26,29). The summed E-state index contributed by atoms with van der Waals surface area (Å²) in [5.41, 5.74) is 0.325. The summed E-state index contributed by atoms with van der Waals surface area (Å²) < 4.78 is 34.1. The van der Waals surface area contributed by atoms with Gasteiger partial charge in [-0.2, -0.15) is 0 Å². The molecular formula is C23H17F2N3O3S. The number of halogens is 2. The van der Waals surface area contributed by atoms with Crippen molar-refractivity contribution in [2.24, 2.45) is 0 Å². The largest absolute Gasteiger partial charge is 0.497 e. The summed E-state index contributed by atoms with van der Waals surface area (Å²) in [6.45, 7) is 0. The molecule has 3 aromatic carbocycles. The number of aromatic nitrogens is 2. The normalized spacial score (nSPS) is 10.8. The summed E-state index contributed by atoms with van der Waals surface area (Å²) in [5.74, 6) is -1.44. The van der Waals surface area contributed by atoms with Crippen LogP contribution in [0.25, 0.3) is 16.6 Å². The molecule has 0 radical (unpaired) electrons. The number of ether oxygens (including phenoxy) is 1. The molecule has 0 aliphatic heterocycles. The molecule has 0 saturated heterocycles. The maximum Gasteiger partial charge on any atom is 0.266 e. The highest BCUT2D eigenvalue weighted by molar-refractivity contribution is 7.99. The first-order valence-corrected chi connectivity index (χ1v) is 10.5. The Balaban J connectivity index is 1.66. The molecule has 0 spiro atoms. The second-order valence-electron chi connectivity index (χ2n) is 6.71. The van der Waals surface area contributed by atoms with E-state index in [-0.39, 0.29) is 27.9 Å². The van der Waals surface area contributed by atoms with Crippen LogP contribution < -0.4 is 15.6 Å². The van der Waals surface area contributed by atoms with Crippen molar-refractivity contribution in [2.75, 3.05) is 18.2 Å². The first-order valence-electron chi connectivity index (χ1n) is 9.50. The lowest BCUT2D eigenvalue weighted by Crippen LogP contribution is -2.23. The molecule has 32 heavy (non-hydrogen) atoms. The topological polar surface area (TPSA) is 73.2 Å². The molecule has 1 amide bonds. The quantitative estimate of drug-likeness (QED) is 0.346. The molecule has 0 saturated carbocycles. The van der Waals surface area contributed by atoms with Crippen LogP contribution in [-0.4, -0.2) is 28.3 Å². The lowest BCUT2D eigenvalue weighted by Gasteiger charge is -2.14. The van der Waals surface area contributed by atoms with Gasteiger partial charge in [-0.25, -0.2) is 13.8 Å². The second-order valence-corrected chi connectivity index (χ2v) is 7.66. The van der Waals surface area contributed by atoms with E-state index in [1.54, 1.807) is 55.6 Å². The van der Waals surface area contributed by atoms with Crippen molar-refractivity contribution in [2.45, 2.75) is 5.16 Å². The van der Waals surface area contributed by atoms with Gasteiger partial charge in [-0.1, -0.05) is 23.9 Å². The third kappa shape index (κ3) is 4.47. The molecule has 0 aliphatic carbocycles. The van der Waals surface area contributed by atoms with E-state index in [2.05, 4.69) is 10.3 Å². The number of methoxy groups -OCH3 is 1. The van der Waals surface area contributed by atoms with Gasteiger partial charge in [-0.15, -0.1) is 0 Å². The predicted octanol–water partition coefficient (Wildman–Crippen LogP) is 4.40. The van der Waals surface area contributed by atoms with Crippen molar-refractivity contribution in [3.8, 4) is 11.4 Å². The van der Waals surface area contributed by atoms with E-state index in [1.807, 2.05) is 0 Å². The highest BCUT2D eigenvalue weighted by Crippen LogP contribution is 2.24. The molecule has 4 rings (SSSR count). The fourth-order valence-electron chi connectivity index (χ4n) is 3.09. The van der Waals surface area contributed by atoms with E-state index >= 15 is 0 Å². The van der Waals surface area contributed by atoms with Crippen molar-refractivity contribution in [1.82, 2.24) is 9.55 Å². The number of para-hydroxylation sites is 1. The number of hydrogen-bond donors (Lipinski definition) is 1. The number of thioether (sulfide) groups is 1. The molecule has 0 atom stereocenters. The molecule has 4 aromatic rings. The second kappa shape index (κ2) is 9.19. The number of amides is 1. The number of hydrogen-bond acceptors (Lipinski definition) is 5. The molecule has 1 aromatic heterocycles. The predicted molar refractivity (Wildman–Crippen MR) is 120 cm³/mol. The Labute approximate surface area is 185 Å². The maximum atomic E-state index is 14.5. The first-order chi connectivity index (χ1) is 15.5. The minimum atomic E-state index is -0.909. The van der Waals surface area contributed by atoms with Crippen molar-refractivity contribution in [1.29, 1.82) is 0 Å². The maximum absolute atomic E-state index is 14.5. The minimum Gasteiger partial charge on any atom is -0.497 e. The van der Waals surface area contributed by atoms with Gasteiger partial charge in [0.25, 0.3) is 5.56 Å². The zero-order chi connectivity index (χ0) is 22.7. The van der Waals surface area contributed by atoms with Gasteiger partial charge in [0, 0.05) is 11.8 Å². The van der Waals surface area contributed by atoms with Crippen molar-refractivity contribution in [3.05, 3.63) is 88.7 Å². The highest BCUT2D eigenvalue weighted by atomic mass is 32.2. The van der Waals surface area contributed by atoms with Crippen LogP contribution >= 0.6 is 11.8 Å². The lowest BCUT2D eigenvalue weighted by molar-refractivity contribution is -0.113. The molecule has 9 heteroatoms. The summed E-state index contributed by atoms with van der Waals surface area (Å²) in [6, 6.07) is 16.4. The number of benzene rings is 3. The van der Waals surface area contributed by atoms with Crippen LogP contribution in [0.5, 0.6) is 5.75 Å². The van der Waals surface area contributed by atoms with Crippen molar-refractivity contribution in [3.63, 3.8) is 0 Å².